The Morgan fingerprint density at radius 3 is 2.19 bits per heavy atom. The van der Waals surface area contributed by atoms with Crippen molar-refractivity contribution in [3.63, 3.8) is 0 Å². The second-order valence-corrected chi connectivity index (χ2v) is 6.33. The molecule has 0 aromatic carbocycles. The van der Waals surface area contributed by atoms with Crippen LogP contribution in [0, 0.1) is 11.8 Å². The van der Waals surface area contributed by atoms with E-state index in [0.717, 1.165) is 30.8 Å². The van der Waals surface area contributed by atoms with Crippen LogP contribution < -0.4 is 0 Å². The van der Waals surface area contributed by atoms with E-state index in [4.69, 9.17) is 4.74 Å². The maximum Gasteiger partial charge on any atom is 0.130 e. The topological polar surface area (TPSA) is 24.8 Å². The van der Waals surface area contributed by atoms with Crippen LogP contribution in [0.25, 0.3) is 0 Å². The van der Waals surface area contributed by atoms with Gasteiger partial charge in [0.1, 0.15) is 23.2 Å². The Morgan fingerprint density at radius 2 is 1.73 bits per heavy atom. The molecule has 0 radical (unpaired) electrons. The van der Waals surface area contributed by atoms with Crippen LogP contribution >= 0.6 is 0 Å². The molecular weight excluding hydrogens is 327 g/mol. The summed E-state index contributed by atoms with van der Waals surface area (Å²) in [6.45, 7) is 14.9. The fourth-order valence-corrected chi connectivity index (χ4v) is 3.54. The minimum atomic E-state index is -0.330. The van der Waals surface area contributed by atoms with E-state index in [2.05, 4.69) is 23.1 Å². The zero-order valence-corrected chi connectivity index (χ0v) is 16.7. The minimum Gasteiger partial charge on any atom is -0.457 e. The van der Waals surface area contributed by atoms with Crippen LogP contribution in [0.1, 0.15) is 40.0 Å². The average molecular weight is 361 g/mol. The number of amidine groups is 1. The Morgan fingerprint density at radius 1 is 1.12 bits per heavy atom. The van der Waals surface area contributed by atoms with Crippen molar-refractivity contribution in [2.24, 2.45) is 16.8 Å². The largest absolute Gasteiger partial charge is 0.457 e. The normalized spacial score (nSPS) is 24.0. The lowest BCUT2D eigenvalue weighted by Crippen LogP contribution is -2.28. The van der Waals surface area contributed by atoms with Crippen LogP contribution in [-0.2, 0) is 4.74 Å². The van der Waals surface area contributed by atoms with Crippen molar-refractivity contribution in [3.05, 3.63) is 60.9 Å². The molecule has 2 unspecified atom stereocenters. The van der Waals surface area contributed by atoms with E-state index in [0.29, 0.717) is 11.5 Å². The van der Waals surface area contributed by atoms with Crippen molar-refractivity contribution in [2.45, 2.75) is 40.0 Å². The first-order chi connectivity index (χ1) is 12.6. The smallest absolute Gasteiger partial charge is 0.130 e. The van der Waals surface area contributed by atoms with Crippen molar-refractivity contribution in [2.75, 3.05) is 20.1 Å². The summed E-state index contributed by atoms with van der Waals surface area (Å²) in [5, 5.41) is 0. The number of hydrogen-bond acceptors (Lipinski definition) is 2. The third-order valence-corrected chi connectivity index (χ3v) is 4.61. The second-order valence-electron chi connectivity index (χ2n) is 6.33. The molecule has 0 aromatic heterocycles. The molecule has 2 atom stereocenters. The molecule has 0 N–H and O–H groups in total. The van der Waals surface area contributed by atoms with E-state index in [9.17, 15) is 4.39 Å². The van der Waals surface area contributed by atoms with Crippen molar-refractivity contribution in [1.29, 1.82) is 0 Å². The van der Waals surface area contributed by atoms with Gasteiger partial charge in [-0.25, -0.2) is 4.39 Å². The van der Waals surface area contributed by atoms with E-state index in [1.807, 2.05) is 19.9 Å². The Balaban J connectivity index is 0.00000163. The fraction of sp³-hybridized carbons (Fsp3) is 0.500. The van der Waals surface area contributed by atoms with Gasteiger partial charge in [0.15, 0.2) is 0 Å². The van der Waals surface area contributed by atoms with Gasteiger partial charge in [-0.3, -0.25) is 4.99 Å². The van der Waals surface area contributed by atoms with Gasteiger partial charge in [-0.05, 0) is 43.8 Å². The Bertz CT molecular complexity index is 585. The summed E-state index contributed by atoms with van der Waals surface area (Å²) in [4.78, 5) is 6.72. The first kappa shape index (κ1) is 21.9. The van der Waals surface area contributed by atoms with Gasteiger partial charge in [0, 0.05) is 32.3 Å². The van der Waals surface area contributed by atoms with Crippen LogP contribution in [0.15, 0.2) is 65.9 Å². The molecule has 144 valence electrons. The van der Waals surface area contributed by atoms with Crippen molar-refractivity contribution in [1.82, 2.24) is 4.90 Å². The minimum absolute atomic E-state index is 0.330. The fourth-order valence-electron chi connectivity index (χ4n) is 3.54. The molecule has 2 rings (SSSR count). The van der Waals surface area contributed by atoms with Crippen molar-refractivity contribution in [3.8, 4) is 0 Å². The van der Waals surface area contributed by atoms with Gasteiger partial charge in [-0.1, -0.05) is 39.5 Å². The summed E-state index contributed by atoms with van der Waals surface area (Å²) in [6, 6.07) is 0. The van der Waals surface area contributed by atoms with Crippen molar-refractivity contribution >= 4 is 5.84 Å². The van der Waals surface area contributed by atoms with Gasteiger partial charge in [0.25, 0.3) is 0 Å². The van der Waals surface area contributed by atoms with Crippen LogP contribution in [0.3, 0.4) is 0 Å². The Kier molecular flexibility index (Phi) is 9.71. The molecule has 0 amide bonds. The molecule has 3 nitrogen and oxygen atoms in total. The standard InChI is InChI=1S/C20H27FN2O.C2H6/c1-5-8-19(11-15(3)21)24-18(6-2)12-20(22-4)23-13-16-9-7-10-17(16)14-23;1-2/h5-6,8,11-12,16-17H,1-2,7,9-10,13-14H2,3-4H3;1-2H3/b15-11+,18-12+,19-8+,22-20?;. The Labute approximate surface area is 158 Å². The molecule has 1 aliphatic carbocycles. The molecule has 0 spiro atoms. The van der Waals surface area contributed by atoms with Gasteiger partial charge in [-0.15, -0.1) is 0 Å². The lowest BCUT2D eigenvalue weighted by molar-refractivity contribution is 0.334. The van der Waals surface area contributed by atoms with Crippen LogP contribution in [-0.4, -0.2) is 30.9 Å². The maximum atomic E-state index is 13.2. The lowest BCUT2D eigenvalue weighted by atomic mass is 10.0. The highest BCUT2D eigenvalue weighted by molar-refractivity contribution is 5.93. The molecule has 1 saturated carbocycles. The first-order valence-electron chi connectivity index (χ1n) is 9.47. The first-order valence-corrected chi connectivity index (χ1v) is 9.47. The highest BCUT2D eigenvalue weighted by atomic mass is 19.1. The number of hydrogen-bond donors (Lipinski definition) is 0. The molecule has 0 aromatic rings. The molecule has 1 heterocycles. The number of fused-ring (bicyclic) bond motifs is 1. The zero-order chi connectivity index (χ0) is 19.5. The second kappa shape index (κ2) is 11.5. The van der Waals surface area contributed by atoms with Crippen LogP contribution in [0.2, 0.25) is 0 Å². The van der Waals surface area contributed by atoms with Gasteiger partial charge >= 0.3 is 0 Å². The summed E-state index contributed by atoms with van der Waals surface area (Å²) in [5.74, 6) is 3.05. The number of nitrogens with zero attached hydrogens (tertiary/aromatic N) is 2. The predicted molar refractivity (Wildman–Crippen MR) is 110 cm³/mol. The molecule has 0 bridgehead atoms. The molecule has 2 aliphatic rings. The average Bonchev–Trinajstić information content (AvgIpc) is 3.21. The van der Waals surface area contributed by atoms with Gasteiger partial charge in [-0.2, -0.15) is 0 Å². The molecule has 4 heteroatoms. The maximum absolute atomic E-state index is 13.2. The third kappa shape index (κ3) is 6.32. The summed E-state index contributed by atoms with van der Waals surface area (Å²) in [5.41, 5.74) is 0. The van der Waals surface area contributed by atoms with E-state index >= 15 is 0 Å². The highest BCUT2D eigenvalue weighted by Gasteiger charge is 2.36. The zero-order valence-electron chi connectivity index (χ0n) is 16.7. The number of aliphatic imine (C=N–C) groups is 1. The molecule has 1 saturated heterocycles. The van der Waals surface area contributed by atoms with E-state index in [1.54, 1.807) is 25.3 Å². The molecular formula is C22H33FN2O. The summed E-state index contributed by atoms with van der Waals surface area (Å²) in [7, 11) is 1.78. The number of rotatable bonds is 6. The quantitative estimate of drug-likeness (QED) is 0.259. The third-order valence-electron chi connectivity index (χ3n) is 4.61. The highest BCUT2D eigenvalue weighted by Crippen LogP contribution is 2.37. The van der Waals surface area contributed by atoms with E-state index in [1.165, 1.54) is 32.3 Å². The summed E-state index contributed by atoms with van der Waals surface area (Å²) < 4.78 is 18.9. The monoisotopic (exact) mass is 360 g/mol. The number of ether oxygens (including phenoxy) is 1. The number of halogens is 1. The Hall–Kier alpha value is -2.10. The van der Waals surface area contributed by atoms with Crippen LogP contribution in [0.4, 0.5) is 4.39 Å². The number of allylic oxidation sites excluding steroid dienone is 5. The van der Waals surface area contributed by atoms with Crippen LogP contribution in [0.5, 0.6) is 0 Å². The van der Waals surface area contributed by atoms with E-state index < -0.39 is 0 Å². The van der Waals surface area contributed by atoms with E-state index in [-0.39, 0.29) is 5.83 Å². The van der Waals surface area contributed by atoms with Gasteiger partial charge in [0.05, 0.1) is 0 Å². The lowest BCUT2D eigenvalue weighted by Gasteiger charge is -2.20. The summed E-state index contributed by atoms with van der Waals surface area (Å²) in [6.07, 6.45) is 12.0. The van der Waals surface area contributed by atoms with Gasteiger partial charge < -0.3 is 9.64 Å². The molecule has 1 aliphatic heterocycles. The SMILES string of the molecule is C=C/C=C(\C=C(/C)F)O/C(C=C)=C/C(=NC)N1CC2CCCC2C1.CC. The number of likely N-dealkylation sites (tertiary alicyclic amines) is 1. The van der Waals surface area contributed by atoms with Crippen molar-refractivity contribution < 1.29 is 9.13 Å². The van der Waals surface area contributed by atoms with Gasteiger partial charge in [0.2, 0.25) is 0 Å². The molecule has 26 heavy (non-hydrogen) atoms. The summed E-state index contributed by atoms with van der Waals surface area (Å²) >= 11 is 0. The molecule has 2 fully saturated rings. The predicted octanol–water partition coefficient (Wildman–Crippen LogP) is 5.80.